The molecule has 0 atom stereocenters. The summed E-state index contributed by atoms with van der Waals surface area (Å²) in [5.74, 6) is 0.820. The second kappa shape index (κ2) is 7.02. The number of nitrogens with zero attached hydrogens (tertiary/aromatic N) is 3. The lowest BCUT2D eigenvalue weighted by atomic mass is 10.4. The van der Waals surface area contributed by atoms with E-state index < -0.39 is 0 Å². The van der Waals surface area contributed by atoms with Crippen LogP contribution in [0.5, 0.6) is 0 Å². The highest BCUT2D eigenvalue weighted by molar-refractivity contribution is 7.99. The van der Waals surface area contributed by atoms with Gasteiger partial charge in [-0.2, -0.15) is 0 Å². The van der Waals surface area contributed by atoms with E-state index in [4.69, 9.17) is 15.7 Å². The van der Waals surface area contributed by atoms with Gasteiger partial charge in [-0.1, -0.05) is 5.16 Å². The van der Waals surface area contributed by atoms with Crippen molar-refractivity contribution in [1.82, 2.24) is 9.97 Å². The molecular weight excluding hydrogens is 228 g/mol. The Morgan fingerprint density at radius 1 is 1.56 bits per heavy atom. The van der Waals surface area contributed by atoms with Crippen molar-refractivity contribution in [3.63, 3.8) is 0 Å². The molecule has 7 heteroatoms. The highest BCUT2D eigenvalue weighted by Gasteiger charge is 2.09. The summed E-state index contributed by atoms with van der Waals surface area (Å²) in [5.41, 5.74) is 5.89. The molecule has 3 N–H and O–H groups in total. The number of amidine groups is 1. The SMILES string of the molecule is COCCCSc1nccnc1C(N)=NO. The molecule has 0 saturated heterocycles. The van der Waals surface area contributed by atoms with Crippen molar-refractivity contribution in [2.24, 2.45) is 10.9 Å². The standard InChI is InChI=1S/C9H14N4O2S/c1-15-5-2-6-16-9-7(8(10)13-14)11-3-4-12-9/h3-4,14H,2,5-6H2,1H3,(H2,10,13). The average molecular weight is 242 g/mol. The van der Waals surface area contributed by atoms with E-state index in [0.717, 1.165) is 12.2 Å². The number of hydrogen-bond acceptors (Lipinski definition) is 6. The van der Waals surface area contributed by atoms with Crippen molar-refractivity contribution < 1.29 is 9.94 Å². The van der Waals surface area contributed by atoms with Crippen molar-refractivity contribution in [3.05, 3.63) is 18.1 Å². The number of nitrogens with two attached hydrogens (primary N) is 1. The maximum atomic E-state index is 8.59. The Labute approximate surface area is 97.9 Å². The van der Waals surface area contributed by atoms with Crippen molar-refractivity contribution in [3.8, 4) is 0 Å². The number of hydrogen-bond donors (Lipinski definition) is 2. The van der Waals surface area contributed by atoms with Gasteiger partial charge in [0.15, 0.2) is 5.84 Å². The van der Waals surface area contributed by atoms with Crippen LogP contribution in [-0.4, -0.2) is 40.5 Å². The zero-order chi connectivity index (χ0) is 11.8. The molecule has 0 unspecified atom stereocenters. The molecule has 0 aliphatic heterocycles. The van der Waals surface area contributed by atoms with Crippen LogP contribution in [0, 0.1) is 0 Å². The summed E-state index contributed by atoms with van der Waals surface area (Å²) < 4.78 is 4.94. The third-order valence-corrected chi connectivity index (χ3v) is 2.81. The summed E-state index contributed by atoms with van der Waals surface area (Å²) in [6.07, 6.45) is 3.99. The molecule has 1 aromatic rings. The minimum Gasteiger partial charge on any atom is -0.409 e. The van der Waals surface area contributed by atoms with E-state index in [0.29, 0.717) is 17.3 Å². The van der Waals surface area contributed by atoms with Gasteiger partial charge in [-0.15, -0.1) is 11.8 Å². The second-order valence-electron chi connectivity index (χ2n) is 2.89. The summed E-state index contributed by atoms with van der Waals surface area (Å²) in [6, 6.07) is 0. The third-order valence-electron chi connectivity index (χ3n) is 1.75. The second-order valence-corrected chi connectivity index (χ2v) is 3.97. The van der Waals surface area contributed by atoms with Gasteiger partial charge < -0.3 is 15.7 Å². The van der Waals surface area contributed by atoms with Crippen LogP contribution in [0.3, 0.4) is 0 Å². The van der Waals surface area contributed by atoms with Crippen molar-refractivity contribution in [2.45, 2.75) is 11.4 Å². The molecule has 0 aromatic carbocycles. The van der Waals surface area contributed by atoms with Gasteiger partial charge >= 0.3 is 0 Å². The van der Waals surface area contributed by atoms with Crippen LogP contribution >= 0.6 is 11.8 Å². The summed E-state index contributed by atoms with van der Waals surface area (Å²) >= 11 is 1.51. The number of methoxy groups -OCH3 is 1. The normalized spacial score (nSPS) is 11.7. The molecule has 6 nitrogen and oxygen atoms in total. The van der Waals surface area contributed by atoms with Gasteiger partial charge in [0, 0.05) is 31.9 Å². The van der Waals surface area contributed by atoms with Crippen molar-refractivity contribution in [2.75, 3.05) is 19.5 Å². The first kappa shape index (κ1) is 12.7. The Morgan fingerprint density at radius 2 is 2.31 bits per heavy atom. The average Bonchev–Trinajstić information content (AvgIpc) is 2.34. The topological polar surface area (TPSA) is 93.6 Å². The fourth-order valence-corrected chi connectivity index (χ4v) is 1.91. The molecule has 0 fully saturated rings. The molecule has 0 amide bonds. The fourth-order valence-electron chi connectivity index (χ4n) is 1.03. The van der Waals surface area contributed by atoms with Gasteiger partial charge in [-0.25, -0.2) is 9.97 Å². The number of ether oxygens (including phenoxy) is 1. The van der Waals surface area contributed by atoms with E-state index in [-0.39, 0.29) is 5.84 Å². The van der Waals surface area contributed by atoms with Gasteiger partial charge in [0.1, 0.15) is 10.7 Å². The third kappa shape index (κ3) is 3.67. The Hall–Kier alpha value is -1.34. The van der Waals surface area contributed by atoms with Gasteiger partial charge in [0.2, 0.25) is 0 Å². The smallest absolute Gasteiger partial charge is 0.191 e. The van der Waals surface area contributed by atoms with Gasteiger partial charge in [-0.3, -0.25) is 0 Å². The van der Waals surface area contributed by atoms with E-state index in [1.54, 1.807) is 13.3 Å². The lowest BCUT2D eigenvalue weighted by Crippen LogP contribution is -2.16. The molecule has 1 aromatic heterocycles. The van der Waals surface area contributed by atoms with Crippen LogP contribution in [0.1, 0.15) is 12.1 Å². The largest absolute Gasteiger partial charge is 0.409 e. The highest BCUT2D eigenvalue weighted by atomic mass is 32.2. The Morgan fingerprint density at radius 3 is 3.00 bits per heavy atom. The predicted molar refractivity (Wildman–Crippen MR) is 61.8 cm³/mol. The zero-order valence-corrected chi connectivity index (χ0v) is 9.78. The monoisotopic (exact) mass is 242 g/mol. The molecule has 88 valence electrons. The molecule has 16 heavy (non-hydrogen) atoms. The first-order chi connectivity index (χ1) is 7.79. The first-order valence-electron chi connectivity index (χ1n) is 4.70. The molecule has 0 aliphatic rings. The minimum absolute atomic E-state index is 0.0256. The van der Waals surface area contributed by atoms with E-state index in [9.17, 15) is 0 Å². The van der Waals surface area contributed by atoms with E-state index in [1.807, 2.05) is 0 Å². The van der Waals surface area contributed by atoms with Crippen LogP contribution < -0.4 is 5.73 Å². The molecule has 0 spiro atoms. The summed E-state index contributed by atoms with van der Waals surface area (Å²) in [4.78, 5) is 8.15. The van der Waals surface area contributed by atoms with Crippen LogP contribution in [-0.2, 0) is 4.74 Å². The molecule has 0 saturated carbocycles. The van der Waals surface area contributed by atoms with E-state index in [1.165, 1.54) is 18.0 Å². The van der Waals surface area contributed by atoms with Gasteiger partial charge in [0.05, 0.1) is 0 Å². The molecule has 1 heterocycles. The van der Waals surface area contributed by atoms with Gasteiger partial charge in [-0.05, 0) is 6.42 Å². The molecular formula is C9H14N4O2S. The number of aromatic nitrogens is 2. The predicted octanol–water partition coefficient (Wildman–Crippen LogP) is 0.700. The summed E-state index contributed by atoms with van der Waals surface area (Å²) in [7, 11) is 1.66. The van der Waals surface area contributed by atoms with E-state index >= 15 is 0 Å². The van der Waals surface area contributed by atoms with Crippen molar-refractivity contribution in [1.29, 1.82) is 0 Å². The maximum Gasteiger partial charge on any atom is 0.191 e. The number of rotatable bonds is 6. The van der Waals surface area contributed by atoms with Crippen LogP contribution in [0.15, 0.2) is 22.6 Å². The lowest BCUT2D eigenvalue weighted by Gasteiger charge is -2.04. The van der Waals surface area contributed by atoms with E-state index in [2.05, 4.69) is 15.1 Å². The highest BCUT2D eigenvalue weighted by Crippen LogP contribution is 2.18. The zero-order valence-electron chi connectivity index (χ0n) is 8.96. The molecule has 0 bridgehead atoms. The van der Waals surface area contributed by atoms with Crippen LogP contribution in [0.25, 0.3) is 0 Å². The van der Waals surface area contributed by atoms with Gasteiger partial charge in [0.25, 0.3) is 0 Å². The Kier molecular flexibility index (Phi) is 5.58. The first-order valence-corrected chi connectivity index (χ1v) is 5.68. The number of oxime groups is 1. The summed E-state index contributed by atoms with van der Waals surface area (Å²) in [5, 5.41) is 12.2. The minimum atomic E-state index is -0.0256. The quantitative estimate of drug-likeness (QED) is 0.190. The summed E-state index contributed by atoms with van der Waals surface area (Å²) in [6.45, 7) is 0.701. The number of thioether (sulfide) groups is 1. The van der Waals surface area contributed by atoms with Crippen molar-refractivity contribution >= 4 is 17.6 Å². The van der Waals surface area contributed by atoms with Crippen LogP contribution in [0.2, 0.25) is 0 Å². The lowest BCUT2D eigenvalue weighted by molar-refractivity contribution is 0.200. The molecule has 0 aliphatic carbocycles. The Bertz CT molecular complexity index is 359. The molecule has 1 rings (SSSR count). The molecule has 0 radical (unpaired) electrons. The Balaban J connectivity index is 2.64. The fraction of sp³-hybridized carbons (Fsp3) is 0.444. The maximum absolute atomic E-state index is 8.59. The van der Waals surface area contributed by atoms with Crippen LogP contribution in [0.4, 0.5) is 0 Å².